The Bertz CT molecular complexity index is 1410. The number of carbonyl (C=O) groups is 2. The van der Waals surface area contributed by atoms with Gasteiger partial charge in [0.05, 0.1) is 5.41 Å². The first-order chi connectivity index (χ1) is 18.3. The van der Waals surface area contributed by atoms with Crippen LogP contribution in [0.2, 0.25) is 0 Å². The monoisotopic (exact) mass is 548 g/mol. The van der Waals surface area contributed by atoms with Crippen molar-refractivity contribution in [1.29, 1.82) is 0 Å². The average molecular weight is 549 g/mol. The summed E-state index contributed by atoms with van der Waals surface area (Å²) in [4.78, 5) is 30.2. The number of anilines is 1. The molecule has 38 heavy (non-hydrogen) atoms. The number of hydrogen-bond acceptors (Lipinski definition) is 6. The minimum Gasteiger partial charge on any atom is -0.339 e. The number of rotatable bonds is 7. The normalized spacial score (nSPS) is 14.8. The van der Waals surface area contributed by atoms with E-state index in [1.807, 2.05) is 61.2 Å². The van der Waals surface area contributed by atoms with Gasteiger partial charge in [-0.3, -0.25) is 9.59 Å². The molecule has 1 atom stereocenters. The van der Waals surface area contributed by atoms with Crippen LogP contribution >= 0.6 is 22.7 Å². The molecule has 0 aliphatic carbocycles. The number of amides is 2. The van der Waals surface area contributed by atoms with Crippen molar-refractivity contribution in [3.05, 3.63) is 88.0 Å². The zero-order valence-corrected chi connectivity index (χ0v) is 22.9. The molecule has 4 aromatic rings. The van der Waals surface area contributed by atoms with E-state index in [0.29, 0.717) is 10.7 Å². The van der Waals surface area contributed by atoms with E-state index in [1.54, 1.807) is 22.9 Å². The van der Waals surface area contributed by atoms with Crippen molar-refractivity contribution in [2.45, 2.75) is 39.0 Å². The Morgan fingerprint density at radius 1 is 1.03 bits per heavy atom. The Balaban J connectivity index is 1.43. The molecule has 1 saturated heterocycles. The molecule has 9 heteroatoms. The molecule has 1 fully saturated rings. The van der Waals surface area contributed by atoms with Crippen molar-refractivity contribution >= 4 is 39.6 Å². The zero-order valence-electron chi connectivity index (χ0n) is 21.3. The molecule has 3 heterocycles. The minimum absolute atomic E-state index is 0.0810. The number of halogens is 1. The summed E-state index contributed by atoms with van der Waals surface area (Å²) >= 11 is 2.81. The summed E-state index contributed by atoms with van der Waals surface area (Å²) in [6.45, 7) is 5.36. The van der Waals surface area contributed by atoms with Crippen LogP contribution in [0.3, 0.4) is 0 Å². The number of benzene rings is 2. The van der Waals surface area contributed by atoms with Gasteiger partial charge in [-0.1, -0.05) is 49.4 Å². The molecular formula is C29H29FN4O2S2. The van der Waals surface area contributed by atoms with E-state index in [0.717, 1.165) is 46.8 Å². The third-order valence-corrected chi connectivity index (χ3v) is 8.85. The van der Waals surface area contributed by atoms with Crippen LogP contribution in [0.15, 0.2) is 66.2 Å². The van der Waals surface area contributed by atoms with Gasteiger partial charge in [-0.15, -0.1) is 21.5 Å². The molecule has 196 valence electrons. The van der Waals surface area contributed by atoms with Gasteiger partial charge in [0.25, 0.3) is 5.91 Å². The molecule has 1 aliphatic heterocycles. The summed E-state index contributed by atoms with van der Waals surface area (Å²) < 4.78 is 14.3. The first-order valence-electron chi connectivity index (χ1n) is 12.7. The number of nitrogens with zero attached hydrogens (tertiary/aromatic N) is 3. The molecule has 0 saturated carbocycles. The summed E-state index contributed by atoms with van der Waals surface area (Å²) in [5.74, 6) is -0.889. The summed E-state index contributed by atoms with van der Waals surface area (Å²) in [5.41, 5.74) is 3.04. The van der Waals surface area contributed by atoms with Crippen LogP contribution < -0.4 is 5.32 Å². The van der Waals surface area contributed by atoms with E-state index < -0.39 is 11.3 Å². The average Bonchev–Trinajstić information content (AvgIpc) is 3.62. The maximum atomic E-state index is 14.3. The molecule has 0 spiro atoms. The van der Waals surface area contributed by atoms with Crippen molar-refractivity contribution in [1.82, 2.24) is 15.1 Å². The molecule has 2 amide bonds. The second kappa shape index (κ2) is 11.1. The molecule has 2 aromatic carbocycles. The summed E-state index contributed by atoms with van der Waals surface area (Å²) in [6.07, 6.45) is 3.30. The van der Waals surface area contributed by atoms with Gasteiger partial charge in [-0.2, -0.15) is 0 Å². The molecule has 5 rings (SSSR count). The summed E-state index contributed by atoms with van der Waals surface area (Å²) in [7, 11) is 0. The van der Waals surface area contributed by atoms with E-state index in [4.69, 9.17) is 0 Å². The van der Waals surface area contributed by atoms with E-state index in [9.17, 15) is 14.0 Å². The molecule has 0 bridgehead atoms. The summed E-state index contributed by atoms with van der Waals surface area (Å²) in [6, 6.07) is 18.2. The topological polar surface area (TPSA) is 75.2 Å². The molecule has 6 nitrogen and oxygen atoms in total. The standard InChI is InChI=1S/C29H29FN4O2S2/c1-29(2,27(36)32-28-33-31-18-37-28)25(21-7-6-8-22(30)17-21)24-14-13-23(38-24)19-9-11-20(12-10-19)26(35)34-15-4-3-5-16-34/h6-14,17-18,25H,3-5,15-16H2,1-2H3,(H,32,33,36)/t25-/m0/s1. The van der Waals surface area contributed by atoms with Crippen LogP contribution in [0.25, 0.3) is 10.4 Å². The second-order valence-corrected chi connectivity index (χ2v) is 12.0. The quantitative estimate of drug-likeness (QED) is 0.275. The van der Waals surface area contributed by atoms with Gasteiger partial charge < -0.3 is 10.2 Å². The van der Waals surface area contributed by atoms with E-state index in [1.165, 1.54) is 29.9 Å². The Morgan fingerprint density at radius 2 is 1.79 bits per heavy atom. The largest absolute Gasteiger partial charge is 0.339 e. The number of hydrogen-bond donors (Lipinski definition) is 1. The Kier molecular flexibility index (Phi) is 7.67. The summed E-state index contributed by atoms with van der Waals surface area (Å²) in [5, 5.41) is 11.0. The number of nitrogens with one attached hydrogen (secondary N) is 1. The lowest BCUT2D eigenvalue weighted by Gasteiger charge is -2.32. The molecule has 0 radical (unpaired) electrons. The van der Waals surface area contributed by atoms with Crippen molar-refractivity contribution in [2.24, 2.45) is 5.41 Å². The maximum Gasteiger partial charge on any atom is 0.253 e. The fourth-order valence-corrected chi connectivity index (χ4v) is 6.73. The third-order valence-electron chi connectivity index (χ3n) is 7.04. The fourth-order valence-electron chi connectivity index (χ4n) is 4.96. The van der Waals surface area contributed by atoms with Crippen molar-refractivity contribution in [3.8, 4) is 10.4 Å². The van der Waals surface area contributed by atoms with Crippen LogP contribution in [-0.2, 0) is 4.79 Å². The van der Waals surface area contributed by atoms with E-state index >= 15 is 0 Å². The number of aromatic nitrogens is 2. The highest BCUT2D eigenvalue weighted by molar-refractivity contribution is 7.15. The number of carbonyl (C=O) groups excluding carboxylic acids is 2. The van der Waals surface area contributed by atoms with Crippen LogP contribution in [0.4, 0.5) is 9.52 Å². The van der Waals surface area contributed by atoms with Gasteiger partial charge in [-0.25, -0.2) is 4.39 Å². The zero-order chi connectivity index (χ0) is 26.7. The number of likely N-dealkylation sites (tertiary alicyclic amines) is 1. The smallest absolute Gasteiger partial charge is 0.253 e. The van der Waals surface area contributed by atoms with Crippen LogP contribution in [0.5, 0.6) is 0 Å². The van der Waals surface area contributed by atoms with Crippen LogP contribution in [0, 0.1) is 11.2 Å². The van der Waals surface area contributed by atoms with Gasteiger partial charge in [-0.05, 0) is 66.8 Å². The van der Waals surface area contributed by atoms with Crippen molar-refractivity contribution < 1.29 is 14.0 Å². The van der Waals surface area contributed by atoms with Crippen molar-refractivity contribution in [2.75, 3.05) is 18.4 Å². The lowest BCUT2D eigenvalue weighted by Crippen LogP contribution is -2.36. The highest BCUT2D eigenvalue weighted by Gasteiger charge is 2.40. The molecule has 0 unspecified atom stereocenters. The first kappa shape index (κ1) is 26.2. The highest BCUT2D eigenvalue weighted by atomic mass is 32.1. The van der Waals surface area contributed by atoms with Gasteiger partial charge in [0.2, 0.25) is 11.0 Å². The van der Waals surface area contributed by atoms with Gasteiger partial charge in [0.1, 0.15) is 11.3 Å². The Labute approximate surface area is 229 Å². The lowest BCUT2D eigenvalue weighted by atomic mass is 9.73. The van der Waals surface area contributed by atoms with Crippen LogP contribution in [-0.4, -0.2) is 40.0 Å². The molecule has 1 aliphatic rings. The lowest BCUT2D eigenvalue weighted by molar-refractivity contribution is -0.124. The molecule has 1 N–H and O–H groups in total. The maximum absolute atomic E-state index is 14.3. The number of thiophene rings is 1. The third kappa shape index (κ3) is 5.54. The minimum atomic E-state index is -0.924. The Hall–Kier alpha value is -3.43. The van der Waals surface area contributed by atoms with E-state index in [-0.39, 0.29) is 17.6 Å². The van der Waals surface area contributed by atoms with E-state index in [2.05, 4.69) is 15.5 Å². The number of piperidine rings is 1. The van der Waals surface area contributed by atoms with Gasteiger partial charge in [0.15, 0.2) is 0 Å². The van der Waals surface area contributed by atoms with Crippen LogP contribution in [0.1, 0.15) is 59.8 Å². The highest BCUT2D eigenvalue weighted by Crippen LogP contribution is 2.46. The Morgan fingerprint density at radius 3 is 2.47 bits per heavy atom. The second-order valence-electron chi connectivity index (χ2n) is 10.0. The SMILES string of the molecule is CC(C)(C(=O)Nc1nncs1)[C@@H](c1cccc(F)c1)c1ccc(-c2ccc(C(=O)N3CCCCC3)cc2)s1. The first-order valence-corrected chi connectivity index (χ1v) is 14.3. The van der Waals surface area contributed by atoms with Gasteiger partial charge >= 0.3 is 0 Å². The predicted molar refractivity (Wildman–Crippen MR) is 150 cm³/mol. The van der Waals surface area contributed by atoms with Crippen molar-refractivity contribution in [3.63, 3.8) is 0 Å². The molecule has 2 aromatic heterocycles. The predicted octanol–water partition coefficient (Wildman–Crippen LogP) is 6.83. The fraction of sp³-hybridized carbons (Fsp3) is 0.310. The molecular weight excluding hydrogens is 519 g/mol. The van der Waals surface area contributed by atoms with Gasteiger partial charge in [0, 0.05) is 34.3 Å².